The van der Waals surface area contributed by atoms with Crippen LogP contribution < -0.4 is 0 Å². The molecule has 0 N–H and O–H groups in total. The van der Waals surface area contributed by atoms with Crippen molar-refractivity contribution in [3.8, 4) is 0 Å². The van der Waals surface area contributed by atoms with Gasteiger partial charge in [0.1, 0.15) is 0 Å². The van der Waals surface area contributed by atoms with Crippen molar-refractivity contribution in [1.29, 1.82) is 0 Å². The van der Waals surface area contributed by atoms with Gasteiger partial charge in [0, 0.05) is 10.8 Å². The lowest BCUT2D eigenvalue weighted by Crippen LogP contribution is -2.29. The first kappa shape index (κ1) is 9.34. The van der Waals surface area contributed by atoms with E-state index in [1.165, 1.54) is 0 Å². The third-order valence-corrected chi connectivity index (χ3v) is 3.39. The highest BCUT2D eigenvalue weighted by atomic mass is 35.5. The molecule has 3 heteroatoms. The molecule has 1 rings (SSSR count). The van der Waals surface area contributed by atoms with Crippen LogP contribution in [0, 0.1) is 5.41 Å². The standard InChI is InChI=1S/C8H12Cl2O/c1-8(7(10)11)4-2-6(9)3-5-8/h6H,2-5H2,1H3. The quantitative estimate of drug-likeness (QED) is 0.464. The van der Waals surface area contributed by atoms with Crippen molar-refractivity contribution >= 4 is 28.4 Å². The van der Waals surface area contributed by atoms with Crippen LogP contribution in [0.25, 0.3) is 0 Å². The topological polar surface area (TPSA) is 17.1 Å². The van der Waals surface area contributed by atoms with E-state index < -0.39 is 0 Å². The maximum absolute atomic E-state index is 10.9. The SMILES string of the molecule is CC1(C(=O)Cl)CCC(Cl)CC1. The Bertz CT molecular complexity index is 159. The van der Waals surface area contributed by atoms with Crippen LogP contribution in [-0.4, -0.2) is 10.6 Å². The summed E-state index contributed by atoms with van der Waals surface area (Å²) >= 11 is 11.4. The number of hydrogen-bond donors (Lipinski definition) is 0. The van der Waals surface area contributed by atoms with E-state index >= 15 is 0 Å². The van der Waals surface area contributed by atoms with Gasteiger partial charge in [-0.2, -0.15) is 0 Å². The highest BCUT2D eigenvalue weighted by Gasteiger charge is 2.35. The minimum Gasteiger partial charge on any atom is -0.281 e. The molecule has 11 heavy (non-hydrogen) atoms. The van der Waals surface area contributed by atoms with Crippen LogP contribution >= 0.6 is 23.2 Å². The summed E-state index contributed by atoms with van der Waals surface area (Å²) < 4.78 is 0. The van der Waals surface area contributed by atoms with Gasteiger partial charge in [0.25, 0.3) is 0 Å². The van der Waals surface area contributed by atoms with Crippen LogP contribution in [-0.2, 0) is 4.79 Å². The second kappa shape index (κ2) is 3.32. The second-order valence-corrected chi connectivity index (χ2v) is 4.47. The van der Waals surface area contributed by atoms with Crippen LogP contribution in [0.2, 0.25) is 0 Å². The third-order valence-electron chi connectivity index (χ3n) is 2.49. The molecule has 0 aromatic carbocycles. The molecule has 0 unspecified atom stereocenters. The van der Waals surface area contributed by atoms with Gasteiger partial charge in [-0.15, -0.1) is 11.6 Å². The van der Waals surface area contributed by atoms with Gasteiger partial charge in [-0.1, -0.05) is 6.92 Å². The van der Waals surface area contributed by atoms with Gasteiger partial charge >= 0.3 is 0 Å². The number of carbonyl (C=O) groups is 1. The molecule has 64 valence electrons. The average Bonchev–Trinajstić information content (AvgIpc) is 1.95. The van der Waals surface area contributed by atoms with Crippen LogP contribution in [0.3, 0.4) is 0 Å². The Morgan fingerprint density at radius 2 is 1.91 bits per heavy atom. The lowest BCUT2D eigenvalue weighted by molar-refractivity contribution is -0.121. The first-order valence-electron chi connectivity index (χ1n) is 3.88. The molecule has 1 fully saturated rings. The Balaban J connectivity index is 2.55. The lowest BCUT2D eigenvalue weighted by atomic mass is 9.77. The molecule has 1 saturated carbocycles. The van der Waals surface area contributed by atoms with Crippen molar-refractivity contribution in [2.24, 2.45) is 5.41 Å². The smallest absolute Gasteiger partial charge is 0.227 e. The van der Waals surface area contributed by atoms with E-state index in [4.69, 9.17) is 23.2 Å². The van der Waals surface area contributed by atoms with Gasteiger partial charge in [-0.3, -0.25) is 4.79 Å². The zero-order valence-electron chi connectivity index (χ0n) is 6.57. The first-order chi connectivity index (χ1) is 5.04. The zero-order chi connectivity index (χ0) is 8.48. The summed E-state index contributed by atoms with van der Waals surface area (Å²) in [6, 6.07) is 0. The monoisotopic (exact) mass is 194 g/mol. The van der Waals surface area contributed by atoms with Crippen molar-refractivity contribution < 1.29 is 4.79 Å². The molecular formula is C8H12Cl2O. The van der Waals surface area contributed by atoms with Crippen LogP contribution in [0.4, 0.5) is 0 Å². The Labute approximate surface area is 77.1 Å². The second-order valence-electron chi connectivity index (χ2n) is 3.51. The summed E-state index contributed by atoms with van der Waals surface area (Å²) in [6.45, 7) is 1.92. The molecule has 1 nitrogen and oxygen atoms in total. The van der Waals surface area contributed by atoms with Gasteiger partial charge in [0.15, 0.2) is 0 Å². The molecule has 1 aliphatic carbocycles. The molecule has 0 aromatic heterocycles. The lowest BCUT2D eigenvalue weighted by Gasteiger charge is -2.31. The molecule has 0 amide bonds. The van der Waals surface area contributed by atoms with Crippen LogP contribution in [0.1, 0.15) is 32.6 Å². The van der Waals surface area contributed by atoms with E-state index in [2.05, 4.69) is 0 Å². The summed E-state index contributed by atoms with van der Waals surface area (Å²) in [7, 11) is 0. The molecular weight excluding hydrogens is 183 g/mol. The van der Waals surface area contributed by atoms with Crippen molar-refractivity contribution in [3.63, 3.8) is 0 Å². The van der Waals surface area contributed by atoms with Gasteiger partial charge in [0.2, 0.25) is 5.24 Å². The number of alkyl halides is 1. The van der Waals surface area contributed by atoms with Crippen molar-refractivity contribution in [1.82, 2.24) is 0 Å². The molecule has 0 aromatic rings. The van der Waals surface area contributed by atoms with Crippen molar-refractivity contribution in [2.75, 3.05) is 0 Å². The van der Waals surface area contributed by atoms with E-state index in [9.17, 15) is 4.79 Å². The summed E-state index contributed by atoms with van der Waals surface area (Å²) in [5.41, 5.74) is -0.299. The molecule has 0 atom stereocenters. The molecule has 0 heterocycles. The molecule has 0 saturated heterocycles. The van der Waals surface area contributed by atoms with Gasteiger partial charge < -0.3 is 0 Å². The first-order valence-corrected chi connectivity index (χ1v) is 4.70. The zero-order valence-corrected chi connectivity index (χ0v) is 8.08. The van der Waals surface area contributed by atoms with Crippen LogP contribution in [0.15, 0.2) is 0 Å². The molecule has 0 bridgehead atoms. The normalized spacial score (nSPS) is 38.6. The Kier molecular flexibility index (Phi) is 2.82. The number of carbonyl (C=O) groups excluding carboxylic acids is 1. The van der Waals surface area contributed by atoms with Crippen molar-refractivity contribution in [2.45, 2.75) is 38.0 Å². The number of halogens is 2. The highest BCUT2D eigenvalue weighted by molar-refractivity contribution is 6.64. The van der Waals surface area contributed by atoms with E-state index in [0.29, 0.717) is 0 Å². The fourth-order valence-corrected chi connectivity index (χ4v) is 1.82. The third kappa shape index (κ3) is 2.09. The summed E-state index contributed by atoms with van der Waals surface area (Å²) in [4.78, 5) is 10.9. The minimum absolute atomic E-state index is 0.207. The van der Waals surface area contributed by atoms with Crippen molar-refractivity contribution in [3.05, 3.63) is 0 Å². The van der Waals surface area contributed by atoms with Gasteiger partial charge in [0.05, 0.1) is 0 Å². The largest absolute Gasteiger partial charge is 0.281 e. The van der Waals surface area contributed by atoms with Gasteiger partial charge in [-0.05, 0) is 37.3 Å². The van der Waals surface area contributed by atoms with Crippen LogP contribution in [0.5, 0.6) is 0 Å². The number of rotatable bonds is 1. The fraction of sp³-hybridized carbons (Fsp3) is 0.875. The van der Waals surface area contributed by atoms with Gasteiger partial charge in [-0.25, -0.2) is 0 Å². The summed E-state index contributed by atoms with van der Waals surface area (Å²) in [5, 5.41) is 0.0418. The summed E-state index contributed by atoms with van der Waals surface area (Å²) in [5.74, 6) is 0. The minimum atomic E-state index is -0.299. The predicted octanol–water partition coefficient (Wildman–Crippen LogP) is 2.94. The molecule has 0 aliphatic heterocycles. The van der Waals surface area contributed by atoms with E-state index in [1.54, 1.807) is 0 Å². The molecule has 0 radical (unpaired) electrons. The molecule has 1 aliphatic rings. The average molecular weight is 195 g/mol. The highest BCUT2D eigenvalue weighted by Crippen LogP contribution is 2.39. The maximum atomic E-state index is 10.9. The molecule has 0 spiro atoms. The maximum Gasteiger partial charge on any atom is 0.227 e. The Morgan fingerprint density at radius 1 is 1.45 bits per heavy atom. The Morgan fingerprint density at radius 3 is 2.27 bits per heavy atom. The number of hydrogen-bond acceptors (Lipinski definition) is 1. The van der Waals surface area contributed by atoms with E-state index in [0.717, 1.165) is 25.7 Å². The van der Waals surface area contributed by atoms with E-state index in [1.807, 2.05) is 6.92 Å². The fourth-order valence-electron chi connectivity index (χ4n) is 1.42. The summed E-state index contributed by atoms with van der Waals surface area (Å²) in [6.07, 6.45) is 3.50. The van der Waals surface area contributed by atoms with E-state index in [-0.39, 0.29) is 16.0 Å². The predicted molar refractivity (Wildman–Crippen MR) is 47.1 cm³/mol. The Hall–Kier alpha value is 0.250.